The van der Waals surface area contributed by atoms with Crippen molar-refractivity contribution in [2.24, 2.45) is 0 Å². The lowest BCUT2D eigenvalue weighted by molar-refractivity contribution is -0.145. The predicted octanol–water partition coefficient (Wildman–Crippen LogP) is 4.93. The maximum atomic E-state index is 13.0. The van der Waals surface area contributed by atoms with E-state index in [1.807, 2.05) is 35.7 Å². The fraction of sp³-hybridized carbons (Fsp3) is 0.190. The molecule has 10 heteroatoms. The molecule has 3 N–H and O–H groups in total. The summed E-state index contributed by atoms with van der Waals surface area (Å²) >= 11 is 1.48. The van der Waals surface area contributed by atoms with E-state index < -0.39 is 12.0 Å². The van der Waals surface area contributed by atoms with E-state index in [1.165, 1.54) is 11.3 Å². The van der Waals surface area contributed by atoms with Gasteiger partial charge in [-0.25, -0.2) is 9.97 Å². The summed E-state index contributed by atoms with van der Waals surface area (Å²) < 4.78 is 44.4. The highest BCUT2D eigenvalue weighted by Crippen LogP contribution is 2.36. The first-order valence-electron chi connectivity index (χ1n) is 9.36. The summed E-state index contributed by atoms with van der Waals surface area (Å²) in [7, 11) is 1.62. The Hall–Kier alpha value is -3.40. The number of ether oxygens (including phenoxy) is 1. The number of para-hydroxylation sites is 1. The van der Waals surface area contributed by atoms with Crippen LogP contribution in [-0.4, -0.2) is 27.9 Å². The fourth-order valence-electron chi connectivity index (χ4n) is 3.72. The molecule has 3 aromatic heterocycles. The molecule has 0 unspecified atom stereocenters. The number of thiophene rings is 1. The summed E-state index contributed by atoms with van der Waals surface area (Å²) in [5.41, 5.74) is 3.28. The first-order chi connectivity index (χ1) is 14.8. The topological polar surface area (TPSA) is 86.7 Å². The van der Waals surface area contributed by atoms with Crippen LogP contribution in [0.1, 0.15) is 28.0 Å². The van der Waals surface area contributed by atoms with E-state index in [0.717, 1.165) is 39.0 Å². The van der Waals surface area contributed by atoms with E-state index in [2.05, 4.69) is 20.3 Å². The van der Waals surface area contributed by atoms with Gasteiger partial charge in [0.25, 0.3) is 0 Å². The van der Waals surface area contributed by atoms with Crippen molar-refractivity contribution in [3.05, 3.63) is 63.9 Å². The highest BCUT2D eigenvalue weighted by Gasteiger charge is 2.36. The minimum absolute atomic E-state index is 0.0188. The number of rotatable bonds is 3. The number of fused-ring (bicyclic) bond motifs is 2. The molecule has 158 valence electrons. The van der Waals surface area contributed by atoms with Crippen LogP contribution in [0.3, 0.4) is 0 Å². The van der Waals surface area contributed by atoms with Gasteiger partial charge in [0.2, 0.25) is 5.82 Å². The molecular weight excluding hydrogens is 427 g/mol. The van der Waals surface area contributed by atoms with Crippen LogP contribution >= 0.6 is 11.3 Å². The van der Waals surface area contributed by atoms with Crippen LogP contribution in [0.25, 0.3) is 22.2 Å². The van der Waals surface area contributed by atoms with Crippen LogP contribution in [0, 0.1) is 5.41 Å². The predicted molar refractivity (Wildman–Crippen MR) is 112 cm³/mol. The van der Waals surface area contributed by atoms with Crippen molar-refractivity contribution < 1.29 is 17.9 Å². The van der Waals surface area contributed by atoms with Crippen LogP contribution in [0.4, 0.5) is 13.2 Å². The minimum Gasteiger partial charge on any atom is -0.495 e. The van der Waals surface area contributed by atoms with Crippen molar-refractivity contribution in [3.8, 4) is 17.0 Å². The third-order valence-electron chi connectivity index (χ3n) is 5.22. The molecule has 0 radical (unpaired) electrons. The Balaban J connectivity index is 1.46. The minimum atomic E-state index is -4.62. The van der Waals surface area contributed by atoms with Gasteiger partial charge in [0.15, 0.2) is 0 Å². The van der Waals surface area contributed by atoms with Crippen molar-refractivity contribution in [1.82, 2.24) is 20.3 Å². The van der Waals surface area contributed by atoms with Crippen molar-refractivity contribution in [1.29, 1.82) is 5.41 Å². The van der Waals surface area contributed by atoms with Gasteiger partial charge in [-0.05, 0) is 18.2 Å². The lowest BCUT2D eigenvalue weighted by atomic mass is 9.99. The summed E-state index contributed by atoms with van der Waals surface area (Å²) in [4.78, 5) is 11.3. The Labute approximate surface area is 178 Å². The Kier molecular flexibility index (Phi) is 4.47. The molecule has 1 atom stereocenters. The molecule has 4 aromatic rings. The lowest BCUT2D eigenvalue weighted by Crippen LogP contribution is -2.36. The molecule has 6 nitrogen and oxygen atoms in total. The molecule has 0 fully saturated rings. The van der Waals surface area contributed by atoms with Crippen LogP contribution < -0.4 is 10.1 Å². The zero-order chi connectivity index (χ0) is 21.8. The van der Waals surface area contributed by atoms with Crippen LogP contribution in [0.15, 0.2) is 41.9 Å². The molecular formula is C21H16F3N5OS. The second-order valence-corrected chi connectivity index (χ2v) is 8.12. The van der Waals surface area contributed by atoms with E-state index in [4.69, 9.17) is 10.1 Å². The Bertz CT molecular complexity index is 1310. The summed E-state index contributed by atoms with van der Waals surface area (Å²) in [5, 5.41) is 14.2. The second-order valence-electron chi connectivity index (χ2n) is 7.17. The molecule has 1 aromatic carbocycles. The number of hydrogen-bond acceptors (Lipinski definition) is 5. The lowest BCUT2D eigenvalue weighted by Gasteiger charge is -2.26. The number of amidine groups is 1. The SMILES string of the molecule is COc1cccc2cc(-c3csc([C@@H]4Cc5nc(C(F)(F)F)ncc5C(=N)N4)c3)[nH]c12. The van der Waals surface area contributed by atoms with E-state index in [0.29, 0.717) is 5.56 Å². The van der Waals surface area contributed by atoms with Gasteiger partial charge < -0.3 is 15.0 Å². The quantitative estimate of drug-likeness (QED) is 0.419. The number of halogens is 3. The number of alkyl halides is 3. The average molecular weight is 443 g/mol. The number of methoxy groups -OCH3 is 1. The third-order valence-corrected chi connectivity index (χ3v) is 6.27. The molecule has 4 heterocycles. The molecule has 0 spiro atoms. The highest BCUT2D eigenvalue weighted by atomic mass is 32.1. The van der Waals surface area contributed by atoms with E-state index in [-0.39, 0.29) is 24.0 Å². The number of hydrogen-bond donors (Lipinski definition) is 3. The van der Waals surface area contributed by atoms with E-state index in [9.17, 15) is 13.2 Å². The molecule has 5 rings (SSSR count). The van der Waals surface area contributed by atoms with Gasteiger partial charge in [-0.15, -0.1) is 11.3 Å². The Morgan fingerprint density at radius 3 is 2.87 bits per heavy atom. The molecule has 0 aliphatic carbocycles. The van der Waals surface area contributed by atoms with Crippen LogP contribution in [0.2, 0.25) is 0 Å². The van der Waals surface area contributed by atoms with Gasteiger partial charge in [-0.2, -0.15) is 13.2 Å². The largest absolute Gasteiger partial charge is 0.495 e. The summed E-state index contributed by atoms with van der Waals surface area (Å²) in [6.45, 7) is 0. The maximum Gasteiger partial charge on any atom is 0.451 e. The first kappa shape index (κ1) is 19.6. The van der Waals surface area contributed by atoms with Gasteiger partial charge in [-0.3, -0.25) is 5.41 Å². The number of benzene rings is 1. The third kappa shape index (κ3) is 3.42. The Morgan fingerprint density at radius 1 is 1.26 bits per heavy atom. The molecule has 0 bridgehead atoms. The molecule has 31 heavy (non-hydrogen) atoms. The molecule has 1 aliphatic heterocycles. The highest BCUT2D eigenvalue weighted by molar-refractivity contribution is 7.10. The second kappa shape index (κ2) is 7.09. The van der Waals surface area contributed by atoms with Crippen molar-refractivity contribution >= 4 is 28.1 Å². The molecule has 0 amide bonds. The first-order valence-corrected chi connectivity index (χ1v) is 10.2. The van der Waals surface area contributed by atoms with E-state index in [1.54, 1.807) is 7.11 Å². The van der Waals surface area contributed by atoms with Gasteiger partial charge in [-0.1, -0.05) is 12.1 Å². The van der Waals surface area contributed by atoms with Gasteiger partial charge in [0.1, 0.15) is 11.6 Å². The van der Waals surface area contributed by atoms with Gasteiger partial charge >= 0.3 is 6.18 Å². The molecule has 0 saturated heterocycles. The van der Waals surface area contributed by atoms with Crippen molar-refractivity contribution in [2.75, 3.05) is 7.11 Å². The van der Waals surface area contributed by atoms with Crippen molar-refractivity contribution in [3.63, 3.8) is 0 Å². The van der Waals surface area contributed by atoms with Crippen LogP contribution in [-0.2, 0) is 12.6 Å². The molecule has 1 aliphatic rings. The monoisotopic (exact) mass is 443 g/mol. The molecule has 0 saturated carbocycles. The number of nitrogens with one attached hydrogen (secondary N) is 3. The fourth-order valence-corrected chi connectivity index (χ4v) is 4.68. The normalized spacial score (nSPS) is 16.3. The maximum absolute atomic E-state index is 13.0. The number of nitrogens with zero attached hydrogens (tertiary/aromatic N) is 2. The zero-order valence-electron chi connectivity index (χ0n) is 16.2. The summed E-state index contributed by atoms with van der Waals surface area (Å²) in [6, 6.07) is 9.46. The zero-order valence-corrected chi connectivity index (χ0v) is 17.0. The standard InChI is InChI=1S/C21H16F3N5OS/c1-30-16-4-2-3-10-5-13(27-18(10)16)11-6-17(31-9-11)15-7-14-12(19(25)28-15)8-26-20(29-14)21(22,23)24/h2-6,8-9,15,27H,7H2,1H3,(H2,25,28)/t15-/m0/s1. The average Bonchev–Trinajstić information content (AvgIpc) is 3.39. The van der Waals surface area contributed by atoms with Gasteiger partial charge in [0, 0.05) is 39.5 Å². The number of aromatic nitrogens is 3. The van der Waals surface area contributed by atoms with Gasteiger partial charge in [0.05, 0.1) is 29.9 Å². The smallest absolute Gasteiger partial charge is 0.451 e. The summed E-state index contributed by atoms with van der Waals surface area (Å²) in [5.74, 6) is -0.415. The van der Waals surface area contributed by atoms with Crippen molar-refractivity contribution in [2.45, 2.75) is 18.6 Å². The van der Waals surface area contributed by atoms with E-state index >= 15 is 0 Å². The van der Waals surface area contributed by atoms with Crippen LogP contribution in [0.5, 0.6) is 5.75 Å². The number of aromatic amines is 1. The Morgan fingerprint density at radius 2 is 2.10 bits per heavy atom. The summed E-state index contributed by atoms with van der Waals surface area (Å²) in [6.07, 6.45) is -3.32. The number of H-pyrrole nitrogens is 1.